The predicted octanol–water partition coefficient (Wildman–Crippen LogP) is 6.61. The van der Waals surface area contributed by atoms with E-state index in [1.807, 2.05) is 24.3 Å². The molecule has 3 aliphatic heterocycles. The molecule has 250 valence electrons. The Labute approximate surface area is 279 Å². The van der Waals surface area contributed by atoms with E-state index in [2.05, 4.69) is 77.2 Å². The number of benzene rings is 3. The highest BCUT2D eigenvalue weighted by molar-refractivity contribution is 5.68. The van der Waals surface area contributed by atoms with Gasteiger partial charge >= 0.3 is 6.09 Å². The highest BCUT2D eigenvalue weighted by atomic mass is 16.7. The van der Waals surface area contributed by atoms with Crippen LogP contribution in [0, 0.1) is 5.92 Å². The highest BCUT2D eigenvalue weighted by Crippen LogP contribution is 2.42. The van der Waals surface area contributed by atoms with Gasteiger partial charge in [0.25, 0.3) is 0 Å². The molecule has 0 saturated carbocycles. The maximum atomic E-state index is 11.9. The number of carbonyl (C=O) groups is 1. The summed E-state index contributed by atoms with van der Waals surface area (Å²) in [4.78, 5) is 17.2. The summed E-state index contributed by atoms with van der Waals surface area (Å²) >= 11 is 0. The van der Waals surface area contributed by atoms with Gasteiger partial charge in [-0.05, 0) is 79.2 Å². The van der Waals surface area contributed by atoms with Crippen molar-refractivity contribution in [2.45, 2.75) is 70.3 Å². The van der Waals surface area contributed by atoms with Gasteiger partial charge in [-0.2, -0.15) is 0 Å². The van der Waals surface area contributed by atoms with Crippen molar-refractivity contribution in [2.24, 2.45) is 5.92 Å². The second kappa shape index (κ2) is 16.0. The molecule has 8 heteroatoms. The number of rotatable bonds is 12. The molecule has 3 aromatic rings. The number of nitrogens with zero attached hydrogens (tertiary/aromatic N) is 2. The summed E-state index contributed by atoms with van der Waals surface area (Å²) in [5.41, 5.74) is 6.11. The SMILES string of the molecule is C=CCOC(=O)NCc1cccc(-c2ccc([C@@H]3O[C@H](CN4CCC[C@H]4CN4CCCC4)[C@H](C)[C@H](c4ccc(CO)cc4)O3)cc2)c1. The van der Waals surface area contributed by atoms with E-state index in [1.54, 1.807) is 6.08 Å². The minimum absolute atomic E-state index is 0.0116. The zero-order valence-corrected chi connectivity index (χ0v) is 27.6. The van der Waals surface area contributed by atoms with Crippen molar-refractivity contribution in [1.29, 1.82) is 0 Å². The topological polar surface area (TPSA) is 83.5 Å². The van der Waals surface area contributed by atoms with Crippen LogP contribution in [0.3, 0.4) is 0 Å². The van der Waals surface area contributed by atoms with Gasteiger partial charge in [0.05, 0.1) is 18.8 Å². The Kier molecular flexibility index (Phi) is 11.4. The van der Waals surface area contributed by atoms with Crippen molar-refractivity contribution in [2.75, 3.05) is 39.3 Å². The molecule has 6 rings (SSSR count). The first kappa shape index (κ1) is 33.4. The lowest BCUT2D eigenvalue weighted by molar-refractivity contribution is -0.276. The molecule has 1 amide bonds. The van der Waals surface area contributed by atoms with Gasteiger partial charge in [-0.15, -0.1) is 0 Å². The molecule has 0 unspecified atom stereocenters. The molecule has 3 saturated heterocycles. The Morgan fingerprint density at radius 1 is 0.936 bits per heavy atom. The van der Waals surface area contributed by atoms with Crippen LogP contribution in [0.25, 0.3) is 11.1 Å². The first-order valence-electron chi connectivity index (χ1n) is 17.2. The van der Waals surface area contributed by atoms with Crippen LogP contribution in [0.15, 0.2) is 85.5 Å². The van der Waals surface area contributed by atoms with Crippen LogP contribution in [0.2, 0.25) is 0 Å². The number of hydrogen-bond donors (Lipinski definition) is 2. The van der Waals surface area contributed by atoms with Gasteiger partial charge in [-0.25, -0.2) is 4.79 Å². The number of alkyl carbamates (subject to hydrolysis) is 1. The molecular formula is C39H49N3O5. The Bertz CT molecular complexity index is 1460. The molecule has 3 fully saturated rings. The van der Waals surface area contributed by atoms with E-state index >= 15 is 0 Å². The lowest BCUT2D eigenvalue weighted by Crippen LogP contribution is -2.48. The van der Waals surface area contributed by atoms with Gasteiger partial charge in [0.15, 0.2) is 6.29 Å². The van der Waals surface area contributed by atoms with Crippen molar-refractivity contribution in [3.63, 3.8) is 0 Å². The molecule has 8 nitrogen and oxygen atoms in total. The van der Waals surface area contributed by atoms with Crippen molar-refractivity contribution in [1.82, 2.24) is 15.1 Å². The fourth-order valence-electron chi connectivity index (χ4n) is 7.22. The lowest BCUT2D eigenvalue weighted by Gasteiger charge is -2.43. The number of ether oxygens (including phenoxy) is 3. The van der Waals surface area contributed by atoms with E-state index in [0.29, 0.717) is 12.6 Å². The van der Waals surface area contributed by atoms with Crippen LogP contribution in [-0.4, -0.2) is 72.5 Å². The Hall–Kier alpha value is -3.53. The van der Waals surface area contributed by atoms with Crippen LogP contribution in [-0.2, 0) is 27.4 Å². The third-order valence-electron chi connectivity index (χ3n) is 9.92. The Morgan fingerprint density at radius 2 is 1.70 bits per heavy atom. The zero-order valence-electron chi connectivity index (χ0n) is 27.6. The first-order valence-corrected chi connectivity index (χ1v) is 17.2. The number of likely N-dealkylation sites (tertiary alicyclic amines) is 2. The van der Waals surface area contributed by atoms with Gasteiger partial charge in [-0.1, -0.05) is 86.3 Å². The fourth-order valence-corrected chi connectivity index (χ4v) is 7.22. The Balaban J connectivity index is 1.18. The number of carbonyl (C=O) groups excluding carboxylic acids is 1. The summed E-state index contributed by atoms with van der Waals surface area (Å²) in [6.45, 7) is 12.0. The van der Waals surface area contributed by atoms with Crippen LogP contribution in [0.5, 0.6) is 0 Å². The summed E-state index contributed by atoms with van der Waals surface area (Å²) in [6.07, 6.45) is 5.59. The quantitative estimate of drug-likeness (QED) is 0.216. The zero-order chi connectivity index (χ0) is 32.6. The standard InChI is InChI=1S/C39H49N3O5/c1-3-22-45-39(44)40-24-30-8-6-9-34(23-30)31-15-17-33(18-16-31)38-46-36(26-42-21-7-10-35(42)25-41-19-4-5-20-41)28(2)37(47-38)32-13-11-29(27-43)12-14-32/h3,6,8-9,11-18,23,28,35-38,43H,1,4-5,7,10,19-22,24-27H2,2H3,(H,40,44)/t28-,35-,36+,37+,38+/m0/s1. The van der Waals surface area contributed by atoms with E-state index < -0.39 is 12.4 Å². The molecule has 47 heavy (non-hydrogen) atoms. The third-order valence-corrected chi connectivity index (χ3v) is 9.92. The minimum atomic E-state index is -0.496. The van der Waals surface area contributed by atoms with E-state index in [4.69, 9.17) is 14.2 Å². The first-order chi connectivity index (χ1) is 23.0. The van der Waals surface area contributed by atoms with E-state index in [1.165, 1.54) is 38.8 Å². The number of hydrogen-bond acceptors (Lipinski definition) is 7. The summed E-state index contributed by atoms with van der Waals surface area (Å²) in [5.74, 6) is 0.156. The monoisotopic (exact) mass is 639 g/mol. The molecule has 5 atom stereocenters. The molecule has 3 aliphatic rings. The number of nitrogens with one attached hydrogen (secondary N) is 1. The largest absolute Gasteiger partial charge is 0.445 e. The second-order valence-electron chi connectivity index (χ2n) is 13.2. The van der Waals surface area contributed by atoms with Gasteiger partial charge in [-0.3, -0.25) is 4.90 Å². The van der Waals surface area contributed by atoms with Crippen LogP contribution >= 0.6 is 0 Å². The van der Waals surface area contributed by atoms with Gasteiger partial charge in [0, 0.05) is 37.2 Å². The molecule has 3 aromatic carbocycles. The maximum Gasteiger partial charge on any atom is 0.407 e. The molecule has 0 radical (unpaired) electrons. The normalized spacial score (nSPS) is 25.1. The fraction of sp³-hybridized carbons (Fsp3) is 0.462. The minimum Gasteiger partial charge on any atom is -0.445 e. The van der Waals surface area contributed by atoms with E-state index in [0.717, 1.165) is 53.0 Å². The van der Waals surface area contributed by atoms with Crippen molar-refractivity contribution >= 4 is 6.09 Å². The number of aliphatic hydroxyl groups excluding tert-OH is 1. The van der Waals surface area contributed by atoms with Crippen LogP contribution < -0.4 is 5.32 Å². The van der Waals surface area contributed by atoms with Gasteiger partial charge < -0.3 is 29.5 Å². The van der Waals surface area contributed by atoms with Gasteiger partial charge in [0.2, 0.25) is 0 Å². The molecule has 2 N–H and O–H groups in total. The van der Waals surface area contributed by atoms with Crippen molar-refractivity contribution in [3.05, 3.63) is 108 Å². The van der Waals surface area contributed by atoms with Crippen LogP contribution in [0.1, 0.15) is 67.3 Å². The predicted molar refractivity (Wildman–Crippen MR) is 184 cm³/mol. The Morgan fingerprint density at radius 3 is 2.45 bits per heavy atom. The summed E-state index contributed by atoms with van der Waals surface area (Å²) in [6, 6.07) is 25.3. The number of aliphatic hydroxyl groups is 1. The summed E-state index contributed by atoms with van der Waals surface area (Å²) in [5, 5.41) is 12.4. The average Bonchev–Trinajstić information content (AvgIpc) is 3.80. The molecule has 0 aromatic heterocycles. The lowest BCUT2D eigenvalue weighted by atomic mass is 9.89. The third kappa shape index (κ3) is 8.50. The molecule has 0 spiro atoms. The van der Waals surface area contributed by atoms with Crippen LogP contribution in [0.4, 0.5) is 4.79 Å². The summed E-state index contributed by atoms with van der Waals surface area (Å²) < 4.78 is 18.6. The molecule has 3 heterocycles. The highest BCUT2D eigenvalue weighted by Gasteiger charge is 2.40. The molecule has 0 aliphatic carbocycles. The van der Waals surface area contributed by atoms with Gasteiger partial charge in [0.1, 0.15) is 6.61 Å². The molecular weight excluding hydrogens is 590 g/mol. The second-order valence-corrected chi connectivity index (χ2v) is 13.2. The number of amides is 1. The van der Waals surface area contributed by atoms with E-state index in [9.17, 15) is 9.90 Å². The molecule has 0 bridgehead atoms. The maximum absolute atomic E-state index is 11.9. The average molecular weight is 640 g/mol. The van der Waals surface area contributed by atoms with Crippen molar-refractivity contribution in [3.8, 4) is 11.1 Å². The smallest absolute Gasteiger partial charge is 0.407 e. The summed E-state index contributed by atoms with van der Waals surface area (Å²) in [7, 11) is 0. The van der Waals surface area contributed by atoms with E-state index in [-0.39, 0.29) is 31.3 Å². The van der Waals surface area contributed by atoms with Crippen molar-refractivity contribution < 1.29 is 24.1 Å².